The fourth-order valence-electron chi connectivity index (χ4n) is 2.42. The predicted octanol–water partition coefficient (Wildman–Crippen LogP) is 4.89. The summed E-state index contributed by atoms with van der Waals surface area (Å²) in [5, 5.41) is 3.98. The Balaban J connectivity index is 1.66. The Morgan fingerprint density at radius 3 is 2.58 bits per heavy atom. The Morgan fingerprint density at radius 1 is 1.17 bits per heavy atom. The van der Waals surface area contributed by atoms with Gasteiger partial charge >= 0.3 is 0 Å². The number of halogens is 1. The average molecular weight is 361 g/mol. The molecule has 0 spiro atoms. The predicted molar refractivity (Wildman–Crippen MR) is 99.4 cm³/mol. The first-order chi connectivity index (χ1) is 11.4. The van der Waals surface area contributed by atoms with E-state index >= 15 is 0 Å². The number of aromatic nitrogens is 1. The molecule has 0 aliphatic carbocycles. The van der Waals surface area contributed by atoms with Gasteiger partial charge < -0.3 is 4.74 Å². The minimum atomic E-state index is -0.240. The van der Waals surface area contributed by atoms with Crippen LogP contribution < -0.4 is 10.1 Å². The Bertz CT molecular complexity index is 862. The fraction of sp³-hybridized carbons (Fsp3) is 0.222. The van der Waals surface area contributed by atoms with Gasteiger partial charge in [0.1, 0.15) is 5.75 Å². The number of carbonyl (C=O) groups is 1. The number of benzene rings is 2. The van der Waals surface area contributed by atoms with Crippen molar-refractivity contribution in [1.82, 2.24) is 4.98 Å². The second kappa shape index (κ2) is 6.79. The molecule has 3 aromatic rings. The number of amides is 1. The summed E-state index contributed by atoms with van der Waals surface area (Å²) in [5.41, 5.74) is 3.97. The first-order valence-electron chi connectivity index (χ1n) is 7.48. The summed E-state index contributed by atoms with van der Waals surface area (Å²) < 4.78 is 6.55. The minimum Gasteiger partial charge on any atom is -0.484 e. The molecule has 1 amide bonds. The first-order valence-corrected chi connectivity index (χ1v) is 8.68. The lowest BCUT2D eigenvalue weighted by Crippen LogP contribution is -2.20. The van der Waals surface area contributed by atoms with Crippen molar-refractivity contribution in [2.45, 2.75) is 20.8 Å². The van der Waals surface area contributed by atoms with Crippen molar-refractivity contribution in [3.63, 3.8) is 0 Å². The maximum atomic E-state index is 12.1. The molecule has 0 fully saturated rings. The molecule has 0 bridgehead atoms. The summed E-state index contributed by atoms with van der Waals surface area (Å²) in [6.45, 7) is 5.87. The van der Waals surface area contributed by atoms with E-state index in [0.717, 1.165) is 26.9 Å². The second-order valence-corrected chi connectivity index (χ2v) is 7.19. The van der Waals surface area contributed by atoms with Crippen LogP contribution in [0.3, 0.4) is 0 Å². The largest absolute Gasteiger partial charge is 0.484 e. The van der Waals surface area contributed by atoms with E-state index in [2.05, 4.69) is 16.4 Å². The monoisotopic (exact) mass is 360 g/mol. The molecule has 1 aromatic heterocycles. The third-order valence-corrected chi connectivity index (χ3v) is 4.82. The zero-order valence-corrected chi connectivity index (χ0v) is 15.2. The number of rotatable bonds is 4. The summed E-state index contributed by atoms with van der Waals surface area (Å²) in [4.78, 5) is 16.5. The van der Waals surface area contributed by atoms with Crippen molar-refractivity contribution in [1.29, 1.82) is 0 Å². The number of thiazole rings is 1. The van der Waals surface area contributed by atoms with E-state index in [1.165, 1.54) is 11.3 Å². The summed E-state index contributed by atoms with van der Waals surface area (Å²) in [6, 6.07) is 9.65. The molecular weight excluding hydrogens is 344 g/mol. The Hall–Kier alpha value is -2.11. The molecule has 1 N–H and O–H groups in total. The fourth-order valence-corrected chi connectivity index (χ4v) is 3.54. The number of aryl methyl sites for hydroxylation is 3. The molecular formula is C18H17ClN2O2S. The Labute approximate surface area is 149 Å². The highest BCUT2D eigenvalue weighted by atomic mass is 35.5. The van der Waals surface area contributed by atoms with E-state index in [4.69, 9.17) is 16.3 Å². The van der Waals surface area contributed by atoms with Crippen molar-refractivity contribution in [2.24, 2.45) is 0 Å². The molecule has 0 aliphatic heterocycles. The molecule has 24 heavy (non-hydrogen) atoms. The van der Waals surface area contributed by atoms with E-state index in [0.29, 0.717) is 15.9 Å². The minimum absolute atomic E-state index is 0.0569. The van der Waals surface area contributed by atoms with E-state index in [-0.39, 0.29) is 12.5 Å². The van der Waals surface area contributed by atoms with Crippen LogP contribution in [-0.4, -0.2) is 17.5 Å². The van der Waals surface area contributed by atoms with Crippen LogP contribution in [0.1, 0.15) is 16.7 Å². The molecule has 0 saturated heterocycles. The molecule has 124 valence electrons. The van der Waals surface area contributed by atoms with Gasteiger partial charge in [0.2, 0.25) is 0 Å². The second-order valence-electron chi connectivity index (χ2n) is 5.75. The summed E-state index contributed by atoms with van der Waals surface area (Å²) in [5.74, 6) is 0.449. The van der Waals surface area contributed by atoms with E-state index in [9.17, 15) is 4.79 Å². The average Bonchev–Trinajstić information content (AvgIpc) is 2.86. The molecule has 0 atom stereocenters. The Morgan fingerprint density at radius 2 is 1.88 bits per heavy atom. The number of ether oxygens (including phenoxy) is 1. The third-order valence-electron chi connectivity index (χ3n) is 3.48. The Kier molecular flexibility index (Phi) is 4.73. The summed E-state index contributed by atoms with van der Waals surface area (Å²) >= 11 is 7.52. The van der Waals surface area contributed by atoms with E-state index in [1.54, 1.807) is 0 Å². The van der Waals surface area contributed by atoms with Crippen molar-refractivity contribution in [3.8, 4) is 5.75 Å². The first kappa shape index (κ1) is 16.7. The van der Waals surface area contributed by atoms with Gasteiger partial charge in [-0.05, 0) is 61.7 Å². The highest BCUT2D eigenvalue weighted by Crippen LogP contribution is 2.30. The van der Waals surface area contributed by atoms with Crippen LogP contribution in [0.15, 0.2) is 30.3 Å². The van der Waals surface area contributed by atoms with Crippen LogP contribution in [0, 0.1) is 20.8 Å². The lowest BCUT2D eigenvalue weighted by molar-refractivity contribution is -0.118. The molecule has 0 saturated carbocycles. The number of nitrogens with one attached hydrogen (secondary N) is 1. The van der Waals surface area contributed by atoms with Gasteiger partial charge in [-0.3, -0.25) is 10.1 Å². The number of nitrogens with zero attached hydrogens (tertiary/aromatic N) is 1. The van der Waals surface area contributed by atoms with Crippen molar-refractivity contribution < 1.29 is 9.53 Å². The molecule has 2 aromatic carbocycles. The molecule has 0 aliphatic rings. The van der Waals surface area contributed by atoms with Crippen LogP contribution in [0.4, 0.5) is 5.13 Å². The normalized spacial score (nSPS) is 10.8. The van der Waals surface area contributed by atoms with Gasteiger partial charge in [0.15, 0.2) is 11.7 Å². The van der Waals surface area contributed by atoms with Gasteiger partial charge in [0.25, 0.3) is 5.91 Å². The molecule has 0 unspecified atom stereocenters. The van der Waals surface area contributed by atoms with Crippen molar-refractivity contribution in [2.75, 3.05) is 11.9 Å². The summed E-state index contributed by atoms with van der Waals surface area (Å²) in [6.07, 6.45) is 0. The van der Waals surface area contributed by atoms with Crippen LogP contribution in [-0.2, 0) is 4.79 Å². The van der Waals surface area contributed by atoms with Gasteiger partial charge in [-0.25, -0.2) is 4.98 Å². The highest BCUT2D eigenvalue weighted by molar-refractivity contribution is 7.22. The van der Waals surface area contributed by atoms with Crippen molar-refractivity contribution >= 4 is 44.2 Å². The topological polar surface area (TPSA) is 51.2 Å². The van der Waals surface area contributed by atoms with Crippen LogP contribution in [0.5, 0.6) is 5.75 Å². The lowest BCUT2D eigenvalue weighted by atomic mass is 10.1. The number of anilines is 1. The SMILES string of the molecule is Cc1cc(C)cc(OCC(=O)Nc2nc3cc(Cl)c(C)cc3s2)c1. The maximum absolute atomic E-state index is 12.1. The lowest BCUT2D eigenvalue weighted by Gasteiger charge is -2.07. The van der Waals surface area contributed by atoms with Crippen LogP contribution in [0.2, 0.25) is 5.02 Å². The van der Waals surface area contributed by atoms with E-state index < -0.39 is 0 Å². The number of hydrogen-bond donors (Lipinski definition) is 1. The third kappa shape index (κ3) is 3.86. The zero-order valence-electron chi connectivity index (χ0n) is 13.6. The number of fused-ring (bicyclic) bond motifs is 1. The summed E-state index contributed by atoms with van der Waals surface area (Å²) in [7, 11) is 0. The van der Waals surface area contributed by atoms with Gasteiger partial charge in [-0.2, -0.15) is 0 Å². The van der Waals surface area contributed by atoms with Gasteiger partial charge in [-0.15, -0.1) is 0 Å². The van der Waals surface area contributed by atoms with Gasteiger partial charge in [0.05, 0.1) is 10.2 Å². The van der Waals surface area contributed by atoms with Gasteiger partial charge in [-0.1, -0.05) is 29.0 Å². The molecule has 1 heterocycles. The van der Waals surface area contributed by atoms with Crippen molar-refractivity contribution in [3.05, 3.63) is 52.0 Å². The standard InChI is InChI=1S/C18H17ClN2O2S/c1-10-4-11(2)6-13(5-10)23-9-17(22)21-18-20-15-8-14(19)12(3)7-16(15)24-18/h4-8H,9H2,1-3H3,(H,20,21,22). The number of carbonyl (C=O) groups excluding carboxylic acids is 1. The highest BCUT2D eigenvalue weighted by Gasteiger charge is 2.10. The zero-order chi connectivity index (χ0) is 17.3. The smallest absolute Gasteiger partial charge is 0.264 e. The van der Waals surface area contributed by atoms with Crippen LogP contribution in [0.25, 0.3) is 10.2 Å². The maximum Gasteiger partial charge on any atom is 0.264 e. The molecule has 3 rings (SSSR count). The quantitative estimate of drug-likeness (QED) is 0.720. The molecule has 6 heteroatoms. The molecule has 4 nitrogen and oxygen atoms in total. The molecule has 0 radical (unpaired) electrons. The van der Waals surface area contributed by atoms with E-state index in [1.807, 2.05) is 45.0 Å². The number of hydrogen-bond acceptors (Lipinski definition) is 4. The van der Waals surface area contributed by atoms with Gasteiger partial charge in [0, 0.05) is 5.02 Å². The van der Waals surface area contributed by atoms with Crippen LogP contribution >= 0.6 is 22.9 Å².